The van der Waals surface area contributed by atoms with Crippen LogP contribution < -0.4 is 5.32 Å². The Hall–Kier alpha value is -1.06. The largest absolute Gasteiger partial charge is 0.392 e. The van der Waals surface area contributed by atoms with E-state index >= 15 is 0 Å². The van der Waals surface area contributed by atoms with E-state index in [1.165, 1.54) is 10.1 Å². The molecule has 0 aliphatic rings. The van der Waals surface area contributed by atoms with Gasteiger partial charge in [-0.05, 0) is 29.8 Å². The second-order valence-corrected chi connectivity index (χ2v) is 4.29. The van der Waals surface area contributed by atoms with E-state index in [1.54, 1.807) is 18.3 Å². The lowest BCUT2D eigenvalue weighted by Crippen LogP contribution is -2.15. The van der Waals surface area contributed by atoms with Crippen molar-refractivity contribution in [3.63, 3.8) is 0 Å². The Morgan fingerprint density at radius 2 is 2.29 bits per heavy atom. The summed E-state index contributed by atoms with van der Waals surface area (Å²) >= 11 is 1.72. The van der Waals surface area contributed by atoms with Crippen molar-refractivity contribution in [2.45, 2.75) is 13.0 Å². The third kappa shape index (κ3) is 1.89. The van der Waals surface area contributed by atoms with Crippen molar-refractivity contribution in [2.24, 2.45) is 0 Å². The molecule has 0 fully saturated rings. The highest BCUT2D eigenvalue weighted by atomic mass is 32.1. The fraction of sp³-hybridized carbons (Fsp3) is 0.273. The standard InChI is InChI=1S/C11H13NOS/c1-8(13)7-12-10-4-2-3-9-5-6-14-11(9)10/h2-6,8,12-13H,7H2,1H3/t8-/m0/s1. The summed E-state index contributed by atoms with van der Waals surface area (Å²) in [6.45, 7) is 2.37. The second-order valence-electron chi connectivity index (χ2n) is 3.37. The third-order valence-corrected chi connectivity index (χ3v) is 3.03. The van der Waals surface area contributed by atoms with E-state index in [0.717, 1.165) is 5.69 Å². The Bertz CT molecular complexity index is 422. The number of rotatable bonds is 3. The van der Waals surface area contributed by atoms with Crippen molar-refractivity contribution >= 4 is 27.1 Å². The van der Waals surface area contributed by atoms with Crippen LogP contribution in [-0.2, 0) is 0 Å². The van der Waals surface area contributed by atoms with E-state index in [0.29, 0.717) is 6.54 Å². The topological polar surface area (TPSA) is 32.3 Å². The van der Waals surface area contributed by atoms with Crippen LogP contribution in [0.1, 0.15) is 6.92 Å². The number of aliphatic hydroxyl groups excluding tert-OH is 1. The molecule has 2 N–H and O–H groups in total. The summed E-state index contributed by atoms with van der Waals surface area (Å²) in [6, 6.07) is 8.27. The fourth-order valence-electron chi connectivity index (χ4n) is 1.39. The van der Waals surface area contributed by atoms with Crippen LogP contribution in [0.25, 0.3) is 10.1 Å². The molecule has 1 aromatic carbocycles. The van der Waals surface area contributed by atoms with Crippen molar-refractivity contribution in [1.82, 2.24) is 0 Å². The molecule has 0 saturated heterocycles. The van der Waals surface area contributed by atoms with Crippen LogP contribution in [0.2, 0.25) is 0 Å². The van der Waals surface area contributed by atoms with Gasteiger partial charge in [-0.1, -0.05) is 12.1 Å². The monoisotopic (exact) mass is 207 g/mol. The zero-order chi connectivity index (χ0) is 9.97. The van der Waals surface area contributed by atoms with Crippen molar-refractivity contribution in [3.8, 4) is 0 Å². The van der Waals surface area contributed by atoms with Gasteiger partial charge in [0.1, 0.15) is 0 Å². The molecule has 1 heterocycles. The number of anilines is 1. The first-order valence-corrected chi connectivity index (χ1v) is 5.53. The van der Waals surface area contributed by atoms with Crippen molar-refractivity contribution in [2.75, 3.05) is 11.9 Å². The molecule has 0 bridgehead atoms. The molecule has 2 nitrogen and oxygen atoms in total. The molecule has 0 aliphatic heterocycles. The molecule has 3 heteroatoms. The summed E-state index contributed by atoms with van der Waals surface area (Å²) < 4.78 is 1.26. The Morgan fingerprint density at radius 1 is 1.43 bits per heavy atom. The van der Waals surface area contributed by atoms with Crippen LogP contribution in [0.5, 0.6) is 0 Å². The Balaban J connectivity index is 2.27. The predicted molar refractivity (Wildman–Crippen MR) is 62.0 cm³/mol. The SMILES string of the molecule is C[C@H](O)CNc1cccc2ccsc12. The van der Waals surface area contributed by atoms with E-state index in [9.17, 15) is 5.11 Å². The normalized spacial score (nSPS) is 13.0. The summed E-state index contributed by atoms with van der Waals surface area (Å²) in [5, 5.41) is 15.7. The van der Waals surface area contributed by atoms with Crippen LogP contribution in [0.3, 0.4) is 0 Å². The maximum Gasteiger partial charge on any atom is 0.0684 e. The molecule has 0 unspecified atom stereocenters. The lowest BCUT2D eigenvalue weighted by Gasteiger charge is -2.08. The van der Waals surface area contributed by atoms with Crippen LogP contribution in [0, 0.1) is 0 Å². The first-order chi connectivity index (χ1) is 6.77. The molecule has 74 valence electrons. The van der Waals surface area contributed by atoms with E-state index in [4.69, 9.17) is 0 Å². The summed E-state index contributed by atoms with van der Waals surface area (Å²) in [7, 11) is 0. The minimum absolute atomic E-state index is 0.315. The van der Waals surface area contributed by atoms with Gasteiger partial charge in [0.25, 0.3) is 0 Å². The Kier molecular flexibility index (Phi) is 2.70. The highest BCUT2D eigenvalue weighted by Gasteiger charge is 2.02. The lowest BCUT2D eigenvalue weighted by molar-refractivity contribution is 0.208. The number of benzene rings is 1. The number of fused-ring (bicyclic) bond motifs is 1. The smallest absolute Gasteiger partial charge is 0.0684 e. The molecule has 2 rings (SSSR count). The van der Waals surface area contributed by atoms with Gasteiger partial charge < -0.3 is 10.4 Å². The van der Waals surface area contributed by atoms with Crippen molar-refractivity contribution in [3.05, 3.63) is 29.6 Å². The summed E-state index contributed by atoms with van der Waals surface area (Å²) in [5.41, 5.74) is 1.11. The zero-order valence-corrected chi connectivity index (χ0v) is 8.84. The highest BCUT2D eigenvalue weighted by molar-refractivity contribution is 7.17. The summed E-state index contributed by atoms with van der Waals surface area (Å²) in [4.78, 5) is 0. The number of hydrogen-bond donors (Lipinski definition) is 2. The van der Waals surface area contributed by atoms with Gasteiger partial charge in [-0.25, -0.2) is 0 Å². The molecule has 2 aromatic rings. The van der Waals surface area contributed by atoms with E-state index < -0.39 is 0 Å². The molecular weight excluding hydrogens is 194 g/mol. The van der Waals surface area contributed by atoms with Crippen LogP contribution >= 0.6 is 11.3 Å². The first-order valence-electron chi connectivity index (χ1n) is 4.65. The van der Waals surface area contributed by atoms with Gasteiger partial charge in [-0.2, -0.15) is 0 Å². The first kappa shape index (κ1) is 9.49. The van der Waals surface area contributed by atoms with E-state index in [2.05, 4.69) is 22.8 Å². The molecular formula is C11H13NOS. The number of aliphatic hydroxyl groups is 1. The molecule has 1 aromatic heterocycles. The maximum atomic E-state index is 9.18. The van der Waals surface area contributed by atoms with Gasteiger partial charge in [-0.15, -0.1) is 11.3 Å². The van der Waals surface area contributed by atoms with Gasteiger partial charge in [-0.3, -0.25) is 0 Å². The predicted octanol–water partition coefficient (Wildman–Crippen LogP) is 2.69. The van der Waals surface area contributed by atoms with Gasteiger partial charge in [0.05, 0.1) is 16.5 Å². The molecule has 1 atom stereocenters. The minimum atomic E-state index is -0.315. The Labute approximate surface area is 87.2 Å². The number of hydrogen-bond acceptors (Lipinski definition) is 3. The van der Waals surface area contributed by atoms with E-state index in [-0.39, 0.29) is 6.10 Å². The van der Waals surface area contributed by atoms with Gasteiger partial charge in [0, 0.05) is 6.54 Å². The average molecular weight is 207 g/mol. The van der Waals surface area contributed by atoms with Gasteiger partial charge in [0.2, 0.25) is 0 Å². The van der Waals surface area contributed by atoms with Crippen LogP contribution in [0.15, 0.2) is 29.6 Å². The van der Waals surface area contributed by atoms with Gasteiger partial charge in [0.15, 0.2) is 0 Å². The molecule has 0 aliphatic carbocycles. The quantitative estimate of drug-likeness (QED) is 0.811. The lowest BCUT2D eigenvalue weighted by atomic mass is 10.2. The molecule has 0 saturated carbocycles. The Morgan fingerprint density at radius 3 is 3.07 bits per heavy atom. The average Bonchev–Trinajstić information content (AvgIpc) is 2.62. The molecule has 14 heavy (non-hydrogen) atoms. The van der Waals surface area contributed by atoms with Gasteiger partial charge >= 0.3 is 0 Å². The molecule has 0 spiro atoms. The van der Waals surface area contributed by atoms with Crippen molar-refractivity contribution < 1.29 is 5.11 Å². The minimum Gasteiger partial charge on any atom is -0.392 e. The molecule has 0 radical (unpaired) electrons. The summed E-state index contributed by atoms with van der Waals surface area (Å²) in [6.07, 6.45) is -0.315. The number of thiophene rings is 1. The fourth-order valence-corrected chi connectivity index (χ4v) is 2.28. The van der Waals surface area contributed by atoms with E-state index in [1.807, 2.05) is 12.1 Å². The van der Waals surface area contributed by atoms with Crippen molar-refractivity contribution in [1.29, 1.82) is 0 Å². The molecule has 0 amide bonds. The zero-order valence-electron chi connectivity index (χ0n) is 8.03. The summed E-state index contributed by atoms with van der Waals surface area (Å²) in [5.74, 6) is 0. The number of nitrogens with one attached hydrogen (secondary N) is 1. The van der Waals surface area contributed by atoms with Crippen LogP contribution in [0.4, 0.5) is 5.69 Å². The highest BCUT2D eigenvalue weighted by Crippen LogP contribution is 2.28. The maximum absolute atomic E-state index is 9.18. The second kappa shape index (κ2) is 3.98. The third-order valence-electron chi connectivity index (χ3n) is 2.07. The van der Waals surface area contributed by atoms with Crippen LogP contribution in [-0.4, -0.2) is 17.8 Å².